The van der Waals surface area contributed by atoms with E-state index in [4.69, 9.17) is 32.5 Å². The molecule has 0 unspecified atom stereocenters. The minimum atomic E-state index is -1.25. The molecule has 15 heavy (non-hydrogen) atoms. The summed E-state index contributed by atoms with van der Waals surface area (Å²) < 4.78 is 0. The number of aliphatic imine (C=N–C) groups is 1. The zero-order valence-electron chi connectivity index (χ0n) is 7.74. The molecule has 0 saturated heterocycles. The Kier molecular flexibility index (Phi) is 5.01. The van der Waals surface area contributed by atoms with E-state index in [0.29, 0.717) is 11.4 Å². The highest BCUT2D eigenvalue weighted by atomic mass is 16.9. The lowest BCUT2D eigenvalue weighted by Gasteiger charge is -1.94. The van der Waals surface area contributed by atoms with Gasteiger partial charge in [0.05, 0.1) is 5.69 Å². The molecule has 8 heteroatoms. The second-order valence-electron chi connectivity index (χ2n) is 2.38. The number of nitrogens with zero attached hydrogens (tertiary/aromatic N) is 2. The van der Waals surface area contributed by atoms with Crippen molar-refractivity contribution in [1.29, 1.82) is 0 Å². The molecule has 0 fully saturated rings. The third kappa shape index (κ3) is 7.84. The molecular formula is C7H12N5O3+. The van der Waals surface area contributed by atoms with Gasteiger partial charge in [-0.2, -0.15) is 0 Å². The summed E-state index contributed by atoms with van der Waals surface area (Å²) in [4.78, 5) is 12.3. The molecule has 0 heterocycles. The summed E-state index contributed by atoms with van der Waals surface area (Å²) in [5.74, 6) is 0.0507. The van der Waals surface area contributed by atoms with E-state index in [0.717, 1.165) is 0 Å². The molecule has 0 atom stereocenters. The maximum absolute atomic E-state index is 8.47. The first-order chi connectivity index (χ1) is 6.91. The summed E-state index contributed by atoms with van der Waals surface area (Å²) >= 11 is 0. The quantitative estimate of drug-likeness (QED) is 0.187. The average Bonchev–Trinajstić information content (AvgIpc) is 2.07. The van der Waals surface area contributed by atoms with Crippen molar-refractivity contribution < 1.29 is 15.5 Å². The van der Waals surface area contributed by atoms with Crippen LogP contribution in [0.4, 0.5) is 11.4 Å². The molecule has 0 aliphatic heterocycles. The standard InChI is InChI=1S/C7H10N4.H2NO3/c8-5-1-3-6(4-2-5)11-7(9)10;2-1(3)4/h1-4H,8H2,(H4,9,10,11);(H2,2,3,4)/q;+1. The minimum Gasteiger partial charge on any atom is -0.399 e. The van der Waals surface area contributed by atoms with E-state index in [1.165, 1.54) is 0 Å². The first-order valence-corrected chi connectivity index (χ1v) is 3.72. The first kappa shape index (κ1) is 12.5. The van der Waals surface area contributed by atoms with Crippen molar-refractivity contribution in [1.82, 2.24) is 0 Å². The number of hydrogen-bond acceptors (Lipinski definition) is 3. The van der Waals surface area contributed by atoms with Crippen LogP contribution in [0.25, 0.3) is 0 Å². The summed E-state index contributed by atoms with van der Waals surface area (Å²) in [6.07, 6.45) is 0. The molecule has 0 aromatic heterocycles. The van der Waals surface area contributed by atoms with Crippen LogP contribution < -0.4 is 17.2 Å². The zero-order valence-corrected chi connectivity index (χ0v) is 7.74. The van der Waals surface area contributed by atoms with Crippen LogP contribution in [0.1, 0.15) is 0 Å². The van der Waals surface area contributed by atoms with Gasteiger partial charge in [-0.05, 0) is 24.3 Å². The van der Waals surface area contributed by atoms with Gasteiger partial charge in [0.2, 0.25) is 0 Å². The van der Waals surface area contributed by atoms with Gasteiger partial charge in [0.1, 0.15) is 4.91 Å². The lowest BCUT2D eigenvalue weighted by molar-refractivity contribution is -0.969. The molecule has 0 aliphatic rings. The largest absolute Gasteiger partial charge is 0.472 e. The van der Waals surface area contributed by atoms with E-state index in [-0.39, 0.29) is 5.96 Å². The van der Waals surface area contributed by atoms with Crippen LogP contribution in [0.15, 0.2) is 29.3 Å². The normalized spacial score (nSPS) is 8.27. The van der Waals surface area contributed by atoms with Crippen molar-refractivity contribution >= 4 is 17.3 Å². The van der Waals surface area contributed by atoms with Crippen LogP contribution >= 0.6 is 0 Å². The smallest absolute Gasteiger partial charge is 0.399 e. The van der Waals surface area contributed by atoms with Crippen molar-refractivity contribution in [3.8, 4) is 0 Å². The van der Waals surface area contributed by atoms with E-state index >= 15 is 0 Å². The molecule has 0 amide bonds. The Hall–Kier alpha value is -2.51. The minimum absolute atomic E-state index is 0.0507. The molecule has 0 radical (unpaired) electrons. The Morgan fingerprint density at radius 2 is 1.60 bits per heavy atom. The third-order valence-corrected chi connectivity index (χ3v) is 1.15. The van der Waals surface area contributed by atoms with Crippen LogP contribution in [-0.2, 0) is 0 Å². The van der Waals surface area contributed by atoms with Crippen LogP contribution in [0.2, 0.25) is 0 Å². The number of nitrogens with two attached hydrogens (primary N) is 3. The highest BCUT2D eigenvalue weighted by molar-refractivity contribution is 5.79. The summed E-state index contributed by atoms with van der Waals surface area (Å²) in [6, 6.07) is 6.97. The highest BCUT2D eigenvalue weighted by Crippen LogP contribution is 2.12. The van der Waals surface area contributed by atoms with Gasteiger partial charge >= 0.3 is 5.09 Å². The van der Waals surface area contributed by atoms with Gasteiger partial charge in [-0.25, -0.2) is 15.4 Å². The van der Waals surface area contributed by atoms with Crippen molar-refractivity contribution in [3.63, 3.8) is 0 Å². The van der Waals surface area contributed by atoms with E-state index in [1.807, 2.05) is 0 Å². The van der Waals surface area contributed by atoms with E-state index in [9.17, 15) is 0 Å². The SMILES string of the molecule is NC(N)=Nc1ccc(N)cc1.O=[N+](O)O. The summed E-state index contributed by atoms with van der Waals surface area (Å²) in [6.45, 7) is 0. The van der Waals surface area contributed by atoms with Crippen LogP contribution in [-0.4, -0.2) is 21.5 Å². The fourth-order valence-electron chi connectivity index (χ4n) is 0.698. The van der Waals surface area contributed by atoms with Gasteiger partial charge in [0.25, 0.3) is 0 Å². The van der Waals surface area contributed by atoms with Crippen molar-refractivity contribution in [2.45, 2.75) is 0 Å². The number of hydrogen-bond donors (Lipinski definition) is 5. The zero-order chi connectivity index (χ0) is 11.8. The highest BCUT2D eigenvalue weighted by Gasteiger charge is 1.88. The average molecular weight is 214 g/mol. The Labute approximate surface area is 85.1 Å². The molecule has 1 aromatic rings. The molecule has 82 valence electrons. The van der Waals surface area contributed by atoms with E-state index in [2.05, 4.69) is 4.99 Å². The molecule has 0 spiro atoms. The van der Waals surface area contributed by atoms with Crippen molar-refractivity contribution in [3.05, 3.63) is 29.2 Å². The molecule has 1 aromatic carbocycles. The fourth-order valence-corrected chi connectivity index (χ4v) is 0.698. The Morgan fingerprint density at radius 1 is 1.20 bits per heavy atom. The fraction of sp³-hybridized carbons (Fsp3) is 0. The van der Waals surface area contributed by atoms with Crippen molar-refractivity contribution in [2.75, 3.05) is 5.73 Å². The summed E-state index contributed by atoms with van der Waals surface area (Å²) in [5.41, 5.74) is 17.2. The number of anilines is 1. The molecular weight excluding hydrogens is 202 g/mol. The monoisotopic (exact) mass is 214 g/mol. The Morgan fingerprint density at radius 3 is 1.93 bits per heavy atom. The van der Waals surface area contributed by atoms with Crippen LogP contribution in [0, 0.1) is 4.91 Å². The third-order valence-electron chi connectivity index (χ3n) is 1.15. The number of benzene rings is 1. The summed E-state index contributed by atoms with van der Waals surface area (Å²) in [7, 11) is 0. The molecule has 0 saturated carbocycles. The van der Waals surface area contributed by atoms with Crippen LogP contribution in [0.3, 0.4) is 0 Å². The number of nitrogen functional groups attached to an aromatic ring is 1. The molecule has 8 N–H and O–H groups in total. The topological polar surface area (TPSA) is 151 Å². The second kappa shape index (κ2) is 6.02. The number of guanidine groups is 1. The Bertz CT molecular complexity index is 340. The predicted molar refractivity (Wildman–Crippen MR) is 53.5 cm³/mol. The lowest BCUT2D eigenvalue weighted by Crippen LogP contribution is -2.21. The van der Waals surface area contributed by atoms with Gasteiger partial charge < -0.3 is 17.2 Å². The second-order valence-corrected chi connectivity index (χ2v) is 2.38. The van der Waals surface area contributed by atoms with E-state index in [1.54, 1.807) is 24.3 Å². The maximum atomic E-state index is 8.47. The van der Waals surface area contributed by atoms with E-state index < -0.39 is 5.09 Å². The maximum Gasteiger partial charge on any atom is 0.472 e. The molecule has 0 aliphatic carbocycles. The first-order valence-electron chi connectivity index (χ1n) is 3.72. The van der Waals surface area contributed by atoms with Crippen molar-refractivity contribution in [2.24, 2.45) is 16.5 Å². The van der Waals surface area contributed by atoms with Gasteiger partial charge in [-0.1, -0.05) is 0 Å². The predicted octanol–water partition coefficient (Wildman–Crippen LogP) is -0.283. The van der Waals surface area contributed by atoms with Crippen LogP contribution in [0.5, 0.6) is 0 Å². The molecule has 1 rings (SSSR count). The van der Waals surface area contributed by atoms with Gasteiger partial charge in [-0.15, -0.1) is 0 Å². The molecule has 8 nitrogen and oxygen atoms in total. The van der Waals surface area contributed by atoms with Gasteiger partial charge in [0, 0.05) is 5.69 Å². The lowest BCUT2D eigenvalue weighted by atomic mass is 10.3. The van der Waals surface area contributed by atoms with Gasteiger partial charge in [0.15, 0.2) is 5.96 Å². The Balaban J connectivity index is 0.000000423. The molecule has 0 bridgehead atoms. The summed E-state index contributed by atoms with van der Waals surface area (Å²) in [5, 5.41) is 12.5. The van der Waals surface area contributed by atoms with Gasteiger partial charge in [-0.3, -0.25) is 0 Å². The number of rotatable bonds is 1.